The molecule has 1 aromatic carbocycles. The highest BCUT2D eigenvalue weighted by molar-refractivity contribution is 6.32. The Labute approximate surface area is 114 Å². The molecule has 0 saturated carbocycles. The summed E-state index contributed by atoms with van der Waals surface area (Å²) in [6.45, 7) is 3.01. The van der Waals surface area contributed by atoms with Crippen LogP contribution < -0.4 is 0 Å². The van der Waals surface area contributed by atoms with E-state index < -0.39 is 22.6 Å². The Morgan fingerprint density at radius 3 is 2.53 bits per heavy atom. The number of nitro benzene ring substituents is 1. The van der Waals surface area contributed by atoms with Gasteiger partial charge in [-0.3, -0.25) is 19.7 Å². The summed E-state index contributed by atoms with van der Waals surface area (Å²) in [6.07, 6.45) is 0. The third-order valence-corrected chi connectivity index (χ3v) is 2.73. The summed E-state index contributed by atoms with van der Waals surface area (Å²) >= 11 is 5.75. The first kappa shape index (κ1) is 15.1. The van der Waals surface area contributed by atoms with Crippen molar-refractivity contribution < 1.29 is 19.2 Å². The molecule has 19 heavy (non-hydrogen) atoms. The monoisotopic (exact) mass is 285 g/mol. The minimum absolute atomic E-state index is 0.127. The largest absolute Gasteiger partial charge is 0.465 e. The Morgan fingerprint density at radius 2 is 2.11 bits per heavy atom. The number of nitrogens with zero attached hydrogens (tertiary/aromatic N) is 1. The highest BCUT2D eigenvalue weighted by atomic mass is 35.5. The van der Waals surface area contributed by atoms with E-state index in [1.165, 1.54) is 19.1 Å². The standard InChI is InChI=1S/C12H12ClNO5/c1-3-19-12(16)11(7(2)15)8-4-5-10(14(17)18)9(13)6-8/h4-6,11H,3H2,1-2H3. The third kappa shape index (κ3) is 3.51. The topological polar surface area (TPSA) is 86.5 Å². The smallest absolute Gasteiger partial charge is 0.320 e. The van der Waals surface area contributed by atoms with Gasteiger partial charge in [-0.2, -0.15) is 0 Å². The predicted octanol–water partition coefficient (Wildman–Crippen LogP) is 2.48. The Hall–Kier alpha value is -1.95. The maximum Gasteiger partial charge on any atom is 0.320 e. The van der Waals surface area contributed by atoms with Crippen LogP contribution in [0.2, 0.25) is 5.02 Å². The number of nitro groups is 1. The van der Waals surface area contributed by atoms with E-state index in [1.54, 1.807) is 6.92 Å². The van der Waals surface area contributed by atoms with Crippen LogP contribution in [0.25, 0.3) is 0 Å². The molecular weight excluding hydrogens is 274 g/mol. The number of rotatable bonds is 5. The van der Waals surface area contributed by atoms with Gasteiger partial charge in [0, 0.05) is 6.07 Å². The van der Waals surface area contributed by atoms with Crippen molar-refractivity contribution in [3.8, 4) is 0 Å². The molecule has 1 rings (SSSR count). The van der Waals surface area contributed by atoms with Crippen LogP contribution in [0.4, 0.5) is 5.69 Å². The van der Waals surface area contributed by atoms with Crippen molar-refractivity contribution in [1.29, 1.82) is 0 Å². The van der Waals surface area contributed by atoms with Crippen LogP contribution in [-0.2, 0) is 14.3 Å². The molecule has 1 unspecified atom stereocenters. The Balaban J connectivity index is 3.18. The lowest BCUT2D eigenvalue weighted by Crippen LogP contribution is -2.22. The van der Waals surface area contributed by atoms with Gasteiger partial charge in [0.25, 0.3) is 5.69 Å². The lowest BCUT2D eigenvalue weighted by molar-refractivity contribution is -0.384. The van der Waals surface area contributed by atoms with Gasteiger partial charge >= 0.3 is 5.97 Å². The molecule has 1 aromatic rings. The Morgan fingerprint density at radius 1 is 1.47 bits per heavy atom. The van der Waals surface area contributed by atoms with Gasteiger partial charge in [-0.25, -0.2) is 0 Å². The van der Waals surface area contributed by atoms with Crippen LogP contribution in [0, 0.1) is 10.1 Å². The molecule has 0 aromatic heterocycles. The van der Waals surface area contributed by atoms with Gasteiger partial charge in [-0.1, -0.05) is 17.7 Å². The van der Waals surface area contributed by atoms with E-state index in [-0.39, 0.29) is 22.9 Å². The van der Waals surface area contributed by atoms with Crippen molar-refractivity contribution in [3.05, 3.63) is 38.9 Å². The molecule has 0 aliphatic carbocycles. The van der Waals surface area contributed by atoms with Crippen LogP contribution in [0.15, 0.2) is 18.2 Å². The first-order valence-corrected chi connectivity index (χ1v) is 5.87. The van der Waals surface area contributed by atoms with E-state index in [0.717, 1.165) is 6.07 Å². The SMILES string of the molecule is CCOC(=O)C(C(C)=O)c1ccc([N+](=O)[O-])c(Cl)c1. The number of carbonyl (C=O) groups excluding carboxylic acids is 2. The summed E-state index contributed by atoms with van der Waals surface area (Å²) in [5.41, 5.74) is -0.00173. The molecule has 0 bridgehead atoms. The maximum absolute atomic E-state index is 11.7. The molecule has 0 heterocycles. The van der Waals surface area contributed by atoms with E-state index in [0.29, 0.717) is 0 Å². The molecule has 0 fully saturated rings. The second-order valence-electron chi connectivity index (χ2n) is 3.76. The lowest BCUT2D eigenvalue weighted by atomic mass is 9.95. The minimum atomic E-state index is -1.11. The van der Waals surface area contributed by atoms with E-state index in [9.17, 15) is 19.7 Å². The van der Waals surface area contributed by atoms with Crippen LogP contribution in [-0.4, -0.2) is 23.3 Å². The fraction of sp³-hybridized carbons (Fsp3) is 0.333. The molecule has 0 aliphatic heterocycles. The van der Waals surface area contributed by atoms with Crippen molar-refractivity contribution >= 4 is 29.0 Å². The first-order valence-electron chi connectivity index (χ1n) is 5.49. The van der Waals surface area contributed by atoms with Crippen molar-refractivity contribution in [3.63, 3.8) is 0 Å². The second-order valence-corrected chi connectivity index (χ2v) is 4.17. The van der Waals surface area contributed by atoms with E-state index in [1.807, 2.05) is 0 Å². The van der Waals surface area contributed by atoms with E-state index in [2.05, 4.69) is 0 Å². The van der Waals surface area contributed by atoms with E-state index in [4.69, 9.17) is 16.3 Å². The number of benzene rings is 1. The van der Waals surface area contributed by atoms with Gasteiger partial charge in [-0.05, 0) is 25.5 Å². The molecule has 0 radical (unpaired) electrons. The molecule has 6 nitrogen and oxygen atoms in total. The zero-order valence-corrected chi connectivity index (χ0v) is 11.1. The van der Waals surface area contributed by atoms with Crippen LogP contribution >= 0.6 is 11.6 Å². The Kier molecular flexibility index (Phi) is 5.00. The molecular formula is C12H12ClNO5. The molecule has 1 atom stereocenters. The lowest BCUT2D eigenvalue weighted by Gasteiger charge is -2.13. The number of hydrogen-bond donors (Lipinski definition) is 0. The number of ether oxygens (including phenoxy) is 1. The second kappa shape index (κ2) is 6.29. The summed E-state index contributed by atoms with van der Waals surface area (Å²) in [6, 6.07) is 3.72. The Bertz CT molecular complexity index is 529. The fourth-order valence-corrected chi connectivity index (χ4v) is 1.87. The summed E-state index contributed by atoms with van der Waals surface area (Å²) in [5.74, 6) is -2.22. The molecule has 7 heteroatoms. The zero-order chi connectivity index (χ0) is 14.6. The number of halogens is 1. The van der Waals surface area contributed by atoms with Crippen LogP contribution in [0.5, 0.6) is 0 Å². The highest BCUT2D eigenvalue weighted by Crippen LogP contribution is 2.29. The summed E-state index contributed by atoms with van der Waals surface area (Å²) in [5, 5.41) is 10.5. The van der Waals surface area contributed by atoms with Crippen LogP contribution in [0.3, 0.4) is 0 Å². The average molecular weight is 286 g/mol. The van der Waals surface area contributed by atoms with Gasteiger partial charge in [0.15, 0.2) is 0 Å². The zero-order valence-electron chi connectivity index (χ0n) is 10.4. The molecule has 0 N–H and O–H groups in total. The number of hydrogen-bond acceptors (Lipinski definition) is 5. The normalized spacial score (nSPS) is 11.7. The maximum atomic E-state index is 11.7. The third-order valence-electron chi connectivity index (χ3n) is 2.43. The van der Waals surface area contributed by atoms with Crippen LogP contribution in [0.1, 0.15) is 25.3 Å². The van der Waals surface area contributed by atoms with Gasteiger partial charge in [0.05, 0.1) is 11.5 Å². The minimum Gasteiger partial charge on any atom is -0.465 e. The summed E-state index contributed by atoms with van der Waals surface area (Å²) < 4.78 is 4.80. The summed E-state index contributed by atoms with van der Waals surface area (Å²) in [4.78, 5) is 33.2. The van der Waals surface area contributed by atoms with Gasteiger partial charge in [0.2, 0.25) is 0 Å². The average Bonchev–Trinajstić information content (AvgIpc) is 2.28. The fourth-order valence-electron chi connectivity index (χ4n) is 1.61. The highest BCUT2D eigenvalue weighted by Gasteiger charge is 2.28. The molecule has 102 valence electrons. The first-order chi connectivity index (χ1) is 8.88. The van der Waals surface area contributed by atoms with E-state index >= 15 is 0 Å². The number of ketones is 1. The quantitative estimate of drug-likeness (QED) is 0.359. The van der Waals surface area contributed by atoms with Gasteiger partial charge in [0.1, 0.15) is 16.7 Å². The summed E-state index contributed by atoms with van der Waals surface area (Å²) in [7, 11) is 0. The van der Waals surface area contributed by atoms with Gasteiger partial charge in [-0.15, -0.1) is 0 Å². The van der Waals surface area contributed by atoms with Crippen molar-refractivity contribution in [2.24, 2.45) is 0 Å². The number of carbonyl (C=O) groups is 2. The molecule has 0 saturated heterocycles. The van der Waals surface area contributed by atoms with Crippen molar-refractivity contribution in [2.45, 2.75) is 19.8 Å². The number of esters is 1. The van der Waals surface area contributed by atoms with Crippen molar-refractivity contribution in [2.75, 3.05) is 6.61 Å². The predicted molar refractivity (Wildman–Crippen MR) is 68.2 cm³/mol. The molecule has 0 spiro atoms. The number of Topliss-reactive ketones (excluding diaryl/α,β-unsaturated/α-hetero) is 1. The molecule has 0 aliphatic rings. The molecule has 0 amide bonds. The van der Waals surface area contributed by atoms with Crippen molar-refractivity contribution in [1.82, 2.24) is 0 Å². The van der Waals surface area contributed by atoms with Gasteiger partial charge < -0.3 is 4.74 Å².